The molecular formula is C33H60N4O11. The maximum Gasteiger partial charge on any atom is 0.290 e. The Hall–Kier alpha value is -3.14. The minimum atomic E-state index is -0.485. The van der Waals surface area contributed by atoms with E-state index in [9.17, 15) is 24.0 Å². The Morgan fingerprint density at radius 3 is 2.04 bits per heavy atom. The van der Waals surface area contributed by atoms with Crippen LogP contribution in [0.15, 0.2) is 0 Å². The minimum absolute atomic E-state index is 0.0180. The topological polar surface area (TPSA) is 199 Å². The molecule has 48 heavy (non-hydrogen) atoms. The summed E-state index contributed by atoms with van der Waals surface area (Å²) < 4.78 is 21.4. The molecule has 4 N–H and O–H groups in total. The van der Waals surface area contributed by atoms with Gasteiger partial charge in [0.2, 0.25) is 23.6 Å². The van der Waals surface area contributed by atoms with E-state index in [1.165, 1.54) is 0 Å². The zero-order valence-electron chi connectivity index (χ0n) is 29.6. The zero-order valence-corrected chi connectivity index (χ0v) is 29.6. The predicted molar refractivity (Wildman–Crippen MR) is 178 cm³/mol. The number of Topliss-reactive ketones (excluding diaryl/α,β-unsaturated/α-hetero) is 1. The molecule has 278 valence electrons. The van der Waals surface area contributed by atoms with E-state index in [1.807, 2.05) is 27.7 Å². The Kier molecular flexibility index (Phi) is 26.0. The van der Waals surface area contributed by atoms with Gasteiger partial charge in [0, 0.05) is 43.9 Å². The molecule has 15 nitrogen and oxygen atoms in total. The largest absolute Gasteiger partial charge is 0.483 e. The normalized spacial score (nSPS) is 14.8. The number of likely N-dealkylation sites (tertiary alicyclic amines) is 1. The number of ketones is 1. The first-order valence-corrected chi connectivity index (χ1v) is 16.9. The Bertz CT molecular complexity index is 943. The molecule has 15 heteroatoms. The molecule has 1 rings (SSSR count). The monoisotopic (exact) mass is 688 g/mol. The highest BCUT2D eigenvalue weighted by molar-refractivity contribution is 5.88. The zero-order chi connectivity index (χ0) is 36.2. The molecule has 2 atom stereocenters. The molecule has 0 bridgehead atoms. The molecule has 0 aromatic rings. The van der Waals surface area contributed by atoms with Crippen molar-refractivity contribution < 1.29 is 52.8 Å². The van der Waals surface area contributed by atoms with E-state index in [4.69, 9.17) is 28.8 Å². The van der Waals surface area contributed by atoms with E-state index in [0.717, 1.165) is 25.7 Å². The summed E-state index contributed by atoms with van der Waals surface area (Å²) in [5.41, 5.74) is -0.422. The van der Waals surface area contributed by atoms with E-state index >= 15 is 0 Å². The highest BCUT2D eigenvalue weighted by Crippen LogP contribution is 2.19. The maximum atomic E-state index is 12.8. The molecule has 2 unspecified atom stereocenters. The summed E-state index contributed by atoms with van der Waals surface area (Å²) in [6.07, 6.45) is 5.69. The van der Waals surface area contributed by atoms with Crippen molar-refractivity contribution in [2.24, 2.45) is 5.41 Å². The van der Waals surface area contributed by atoms with Gasteiger partial charge in [-0.3, -0.25) is 28.8 Å². The van der Waals surface area contributed by atoms with Crippen LogP contribution in [-0.2, 0) is 47.7 Å². The van der Waals surface area contributed by atoms with Crippen LogP contribution in [0.25, 0.3) is 0 Å². The summed E-state index contributed by atoms with van der Waals surface area (Å²) in [5, 5.41) is 15.4. The first-order chi connectivity index (χ1) is 22.9. The second-order valence-electron chi connectivity index (χ2n) is 12.5. The van der Waals surface area contributed by atoms with E-state index in [-0.39, 0.29) is 81.4 Å². The quantitative estimate of drug-likeness (QED) is 0.0800. The van der Waals surface area contributed by atoms with Crippen molar-refractivity contribution in [3.63, 3.8) is 0 Å². The van der Waals surface area contributed by atoms with E-state index < -0.39 is 11.5 Å². The highest BCUT2D eigenvalue weighted by Gasteiger charge is 2.33. The van der Waals surface area contributed by atoms with Gasteiger partial charge in [-0.1, -0.05) is 40.5 Å². The summed E-state index contributed by atoms with van der Waals surface area (Å²) in [6.45, 7) is 12.2. The maximum absolute atomic E-state index is 12.8. The van der Waals surface area contributed by atoms with Crippen LogP contribution in [-0.4, -0.2) is 130 Å². The minimum Gasteiger partial charge on any atom is -0.483 e. The van der Waals surface area contributed by atoms with Gasteiger partial charge in [0.25, 0.3) is 6.47 Å². The molecule has 0 aromatic heterocycles. The molecule has 1 aliphatic rings. The molecule has 0 saturated carbocycles. The Labute approximate surface area is 285 Å². The lowest BCUT2D eigenvalue weighted by Crippen LogP contribution is -2.47. The number of nitrogens with zero attached hydrogens (tertiary/aromatic N) is 1. The second kappa shape index (κ2) is 27.8. The van der Waals surface area contributed by atoms with Crippen molar-refractivity contribution in [2.75, 3.05) is 72.5 Å². The van der Waals surface area contributed by atoms with Gasteiger partial charge < -0.3 is 44.9 Å². The number of carbonyl (C=O) groups excluding carboxylic acids is 5. The third-order valence-corrected chi connectivity index (χ3v) is 7.24. The van der Waals surface area contributed by atoms with Crippen molar-refractivity contribution in [1.29, 1.82) is 0 Å². The van der Waals surface area contributed by atoms with E-state index in [0.29, 0.717) is 58.7 Å². The fourth-order valence-corrected chi connectivity index (χ4v) is 4.44. The Morgan fingerprint density at radius 2 is 1.44 bits per heavy atom. The number of hydrogen-bond acceptors (Lipinski definition) is 10. The number of rotatable bonds is 25. The van der Waals surface area contributed by atoms with Crippen LogP contribution in [0.2, 0.25) is 0 Å². The van der Waals surface area contributed by atoms with Gasteiger partial charge in [0.1, 0.15) is 19.3 Å². The summed E-state index contributed by atoms with van der Waals surface area (Å²) in [5.74, 6) is -0.479. The number of hydrogen-bond donors (Lipinski definition) is 4. The Balaban J connectivity index is 0.00000707. The standard InChI is InChI=1S/C32H58N4O9.CH2O2/c1-6-7-8-11-28(38)35-25(2)12-13-30(40)36-16-9-10-26(36)31(41)34-15-18-43-20-22-45-24-29(39)33-14-17-42-19-21-44-23-27(37)32(3,4)5;2-1-3/h25-26H,6-24H2,1-5H3,(H,33,39)(H,34,41)(H,35,38);1H,(H,2,3). The van der Waals surface area contributed by atoms with Crippen molar-refractivity contribution >= 4 is 35.9 Å². The van der Waals surface area contributed by atoms with Gasteiger partial charge in [-0.05, 0) is 32.6 Å². The number of nitrogens with one attached hydrogen (secondary N) is 3. The first-order valence-electron chi connectivity index (χ1n) is 16.9. The second-order valence-corrected chi connectivity index (χ2v) is 12.5. The Morgan fingerprint density at radius 1 is 0.854 bits per heavy atom. The summed E-state index contributed by atoms with van der Waals surface area (Å²) in [6, 6.07) is -0.580. The molecule has 0 aromatic carbocycles. The third-order valence-electron chi connectivity index (χ3n) is 7.24. The van der Waals surface area contributed by atoms with Gasteiger partial charge in [-0.15, -0.1) is 0 Å². The van der Waals surface area contributed by atoms with Crippen LogP contribution >= 0.6 is 0 Å². The molecule has 1 fully saturated rings. The predicted octanol–water partition coefficient (Wildman–Crippen LogP) is 1.46. The average molecular weight is 689 g/mol. The molecule has 0 spiro atoms. The smallest absolute Gasteiger partial charge is 0.290 e. The average Bonchev–Trinajstić information content (AvgIpc) is 3.53. The van der Waals surface area contributed by atoms with E-state index in [1.54, 1.807) is 4.90 Å². The molecule has 1 aliphatic heterocycles. The number of unbranched alkanes of at least 4 members (excludes halogenated alkanes) is 2. The highest BCUT2D eigenvalue weighted by atomic mass is 16.5. The lowest BCUT2D eigenvalue weighted by atomic mass is 9.91. The molecular weight excluding hydrogens is 628 g/mol. The van der Waals surface area contributed by atoms with Crippen LogP contribution in [0.3, 0.4) is 0 Å². The summed E-state index contributed by atoms with van der Waals surface area (Å²) in [7, 11) is 0. The van der Waals surface area contributed by atoms with Gasteiger partial charge >= 0.3 is 0 Å². The van der Waals surface area contributed by atoms with Crippen molar-refractivity contribution in [3.05, 3.63) is 0 Å². The summed E-state index contributed by atoms with van der Waals surface area (Å²) >= 11 is 0. The summed E-state index contributed by atoms with van der Waals surface area (Å²) in [4.78, 5) is 71.1. The van der Waals surface area contributed by atoms with Crippen molar-refractivity contribution in [3.8, 4) is 0 Å². The third kappa shape index (κ3) is 23.2. The van der Waals surface area contributed by atoms with Crippen molar-refractivity contribution in [2.45, 2.75) is 98.1 Å². The van der Waals surface area contributed by atoms with Gasteiger partial charge in [-0.2, -0.15) is 0 Å². The van der Waals surface area contributed by atoms with Crippen LogP contribution < -0.4 is 16.0 Å². The van der Waals surface area contributed by atoms with Gasteiger partial charge in [0.15, 0.2) is 5.78 Å². The molecule has 1 heterocycles. The SMILES string of the molecule is CCCCCC(=O)NC(C)CCC(=O)N1CCCC1C(=O)NCCOCCOCC(=O)NCCOCCOCC(=O)C(C)(C)C.O=CO. The number of ether oxygens (including phenoxy) is 4. The molecule has 0 radical (unpaired) electrons. The lowest BCUT2D eigenvalue weighted by Gasteiger charge is -2.25. The van der Waals surface area contributed by atoms with E-state index in [2.05, 4.69) is 22.9 Å². The van der Waals surface area contributed by atoms with Crippen LogP contribution in [0.4, 0.5) is 0 Å². The number of amides is 4. The molecule has 1 saturated heterocycles. The number of carboxylic acid groups (broad SMARTS) is 1. The van der Waals surface area contributed by atoms with Crippen LogP contribution in [0.5, 0.6) is 0 Å². The fourth-order valence-electron chi connectivity index (χ4n) is 4.44. The van der Waals surface area contributed by atoms with Gasteiger partial charge in [-0.25, -0.2) is 0 Å². The lowest BCUT2D eigenvalue weighted by molar-refractivity contribution is -0.138. The first kappa shape index (κ1) is 44.9. The van der Waals surface area contributed by atoms with Gasteiger partial charge in [0.05, 0.1) is 39.6 Å². The number of carbonyl (C=O) groups is 6. The molecule has 4 amide bonds. The molecule has 0 aliphatic carbocycles. The fraction of sp³-hybridized carbons (Fsp3) is 0.818. The van der Waals surface area contributed by atoms with Crippen molar-refractivity contribution in [1.82, 2.24) is 20.9 Å². The van der Waals surface area contributed by atoms with Crippen LogP contribution in [0, 0.1) is 5.41 Å². The van der Waals surface area contributed by atoms with Crippen LogP contribution in [0.1, 0.15) is 86.0 Å².